The van der Waals surface area contributed by atoms with E-state index >= 15 is 0 Å². The van der Waals surface area contributed by atoms with E-state index in [1.54, 1.807) is 0 Å². The highest BCUT2D eigenvalue weighted by Gasteiger charge is 2.06. The molecule has 0 atom stereocenters. The van der Waals surface area contributed by atoms with Crippen LogP contribution in [-0.4, -0.2) is 7.05 Å². The molecule has 0 spiro atoms. The molecule has 1 aromatic carbocycles. The molecule has 0 aromatic heterocycles. The van der Waals surface area contributed by atoms with E-state index in [4.69, 9.17) is 0 Å². The molecule has 0 saturated carbocycles. The van der Waals surface area contributed by atoms with Crippen LogP contribution in [0.25, 0.3) is 0 Å². The van der Waals surface area contributed by atoms with E-state index < -0.39 is 0 Å². The Morgan fingerprint density at radius 3 is 2.62 bits per heavy atom. The monoisotopic (exact) mass is 173 g/mol. The molecule has 0 bridgehead atoms. The number of nitrogens with zero attached hydrogens (tertiary/aromatic N) is 1. The van der Waals surface area contributed by atoms with Crippen molar-refractivity contribution in [3.63, 3.8) is 0 Å². The Morgan fingerprint density at radius 2 is 1.92 bits per heavy atom. The zero-order valence-electron chi connectivity index (χ0n) is 8.46. The van der Waals surface area contributed by atoms with Crippen LogP contribution in [0.3, 0.4) is 0 Å². The van der Waals surface area contributed by atoms with Crippen LogP contribution in [0.1, 0.15) is 19.4 Å². The Morgan fingerprint density at radius 1 is 1.23 bits per heavy atom. The largest absolute Gasteiger partial charge is 0.304 e. The van der Waals surface area contributed by atoms with Crippen molar-refractivity contribution in [2.24, 2.45) is 0 Å². The molecular formula is C12H15N. The highest BCUT2D eigenvalue weighted by Crippen LogP contribution is 2.20. The highest BCUT2D eigenvalue weighted by molar-refractivity contribution is 5.60. The number of benzene rings is 1. The summed E-state index contributed by atoms with van der Waals surface area (Å²) in [4.78, 5) is 1.97. The fraction of sp³-hybridized carbons (Fsp3) is 0.333. The van der Waals surface area contributed by atoms with Crippen molar-refractivity contribution < 1.29 is 0 Å². The molecule has 1 heteroatoms. The van der Waals surface area contributed by atoms with E-state index in [2.05, 4.69) is 30.2 Å². The molecule has 1 aromatic rings. The summed E-state index contributed by atoms with van der Waals surface area (Å²) in [6.07, 6.45) is 0.889. The van der Waals surface area contributed by atoms with Gasteiger partial charge in [0.15, 0.2) is 0 Å². The Bertz CT molecular complexity index is 330. The van der Waals surface area contributed by atoms with Gasteiger partial charge in [0.05, 0.1) is 5.69 Å². The second-order valence-corrected chi connectivity index (χ2v) is 2.65. The number of fused-ring (bicyclic) bond motifs is 1. The SMILES string of the molecule is CC.CN1C#CCc2ccccc21. The third-order valence-electron chi connectivity index (χ3n) is 1.88. The smallest absolute Gasteiger partial charge is 0.0527 e. The third-order valence-corrected chi connectivity index (χ3v) is 1.88. The summed E-state index contributed by atoms with van der Waals surface area (Å²) >= 11 is 0. The Hall–Kier alpha value is -1.42. The summed E-state index contributed by atoms with van der Waals surface area (Å²) in [5.41, 5.74) is 2.57. The van der Waals surface area contributed by atoms with Crippen LogP contribution in [-0.2, 0) is 6.42 Å². The predicted octanol–water partition coefficient (Wildman–Crippen LogP) is 2.67. The van der Waals surface area contributed by atoms with E-state index in [-0.39, 0.29) is 0 Å². The topological polar surface area (TPSA) is 3.24 Å². The lowest BCUT2D eigenvalue weighted by Crippen LogP contribution is -2.13. The van der Waals surface area contributed by atoms with E-state index in [0.717, 1.165) is 6.42 Å². The van der Waals surface area contributed by atoms with E-state index in [1.807, 2.05) is 31.9 Å². The van der Waals surface area contributed by atoms with Gasteiger partial charge in [0.2, 0.25) is 0 Å². The minimum Gasteiger partial charge on any atom is -0.304 e. The van der Waals surface area contributed by atoms with Crippen molar-refractivity contribution in [1.82, 2.24) is 0 Å². The van der Waals surface area contributed by atoms with Gasteiger partial charge in [-0.3, -0.25) is 0 Å². The molecule has 0 unspecified atom stereocenters. The molecule has 1 aliphatic heterocycles. The lowest BCUT2D eigenvalue weighted by molar-refractivity contribution is 1.15. The average molecular weight is 173 g/mol. The molecule has 1 aliphatic rings. The van der Waals surface area contributed by atoms with Crippen LogP contribution < -0.4 is 4.90 Å². The zero-order chi connectivity index (χ0) is 9.68. The number of hydrogen-bond acceptors (Lipinski definition) is 1. The van der Waals surface area contributed by atoms with Gasteiger partial charge in [-0.15, -0.1) is 0 Å². The first-order valence-corrected chi connectivity index (χ1v) is 4.68. The Kier molecular flexibility index (Phi) is 3.40. The zero-order valence-corrected chi connectivity index (χ0v) is 8.46. The normalized spacial score (nSPS) is 11.8. The fourth-order valence-corrected chi connectivity index (χ4v) is 1.30. The average Bonchev–Trinajstić information content (AvgIpc) is 2.22. The van der Waals surface area contributed by atoms with E-state index in [0.29, 0.717) is 0 Å². The van der Waals surface area contributed by atoms with Crippen molar-refractivity contribution in [3.8, 4) is 12.0 Å². The third kappa shape index (κ3) is 2.03. The number of hydrogen-bond donors (Lipinski definition) is 0. The van der Waals surface area contributed by atoms with Crippen LogP contribution in [0.4, 0.5) is 5.69 Å². The highest BCUT2D eigenvalue weighted by atomic mass is 15.1. The van der Waals surface area contributed by atoms with Crippen molar-refractivity contribution >= 4 is 5.69 Å². The number of rotatable bonds is 0. The summed E-state index contributed by atoms with van der Waals surface area (Å²) in [7, 11) is 1.99. The molecule has 0 saturated heterocycles. The summed E-state index contributed by atoms with van der Waals surface area (Å²) in [6, 6.07) is 11.3. The van der Waals surface area contributed by atoms with Gasteiger partial charge < -0.3 is 4.90 Å². The minimum absolute atomic E-state index is 0.889. The maximum absolute atomic E-state index is 3.07. The lowest BCUT2D eigenvalue weighted by atomic mass is 10.1. The molecule has 0 radical (unpaired) electrons. The van der Waals surface area contributed by atoms with Crippen molar-refractivity contribution in [2.75, 3.05) is 11.9 Å². The minimum atomic E-state index is 0.889. The van der Waals surface area contributed by atoms with Crippen molar-refractivity contribution in [1.29, 1.82) is 0 Å². The lowest BCUT2D eigenvalue weighted by Gasteiger charge is -2.17. The number of anilines is 1. The van der Waals surface area contributed by atoms with Gasteiger partial charge in [-0.1, -0.05) is 38.0 Å². The molecule has 1 nitrogen and oxygen atoms in total. The molecule has 0 N–H and O–H groups in total. The summed E-state index contributed by atoms with van der Waals surface area (Å²) in [6.45, 7) is 4.00. The summed E-state index contributed by atoms with van der Waals surface area (Å²) in [5.74, 6) is 3.07. The second kappa shape index (κ2) is 4.57. The maximum atomic E-state index is 3.07. The molecular weight excluding hydrogens is 158 g/mol. The van der Waals surface area contributed by atoms with Crippen LogP contribution in [0, 0.1) is 12.0 Å². The van der Waals surface area contributed by atoms with Gasteiger partial charge in [0.25, 0.3) is 0 Å². The van der Waals surface area contributed by atoms with Gasteiger partial charge in [0, 0.05) is 19.5 Å². The van der Waals surface area contributed by atoms with E-state index in [1.165, 1.54) is 11.3 Å². The molecule has 0 amide bonds. The Balaban J connectivity index is 0.000000396. The molecule has 2 rings (SSSR count). The standard InChI is InChI=1S/C10H9N.C2H6/c1-11-8-4-6-9-5-2-3-7-10(9)11;1-2/h2-3,5,7H,6H2,1H3;1-2H3. The van der Waals surface area contributed by atoms with E-state index in [9.17, 15) is 0 Å². The maximum Gasteiger partial charge on any atom is 0.0527 e. The Labute approximate surface area is 80.4 Å². The van der Waals surface area contributed by atoms with Crippen LogP contribution in [0.2, 0.25) is 0 Å². The van der Waals surface area contributed by atoms with Gasteiger partial charge in [-0.05, 0) is 11.6 Å². The fourth-order valence-electron chi connectivity index (χ4n) is 1.30. The van der Waals surface area contributed by atoms with Crippen LogP contribution in [0.15, 0.2) is 24.3 Å². The van der Waals surface area contributed by atoms with Gasteiger partial charge in [0.1, 0.15) is 0 Å². The van der Waals surface area contributed by atoms with Crippen LogP contribution >= 0.6 is 0 Å². The molecule has 1 heterocycles. The van der Waals surface area contributed by atoms with Crippen molar-refractivity contribution in [3.05, 3.63) is 29.8 Å². The molecule has 68 valence electrons. The summed E-state index contributed by atoms with van der Waals surface area (Å²) in [5, 5.41) is 0. The molecule has 13 heavy (non-hydrogen) atoms. The first-order chi connectivity index (χ1) is 6.38. The predicted molar refractivity (Wildman–Crippen MR) is 57.7 cm³/mol. The van der Waals surface area contributed by atoms with Gasteiger partial charge in [-0.25, -0.2) is 0 Å². The number of para-hydroxylation sites is 1. The van der Waals surface area contributed by atoms with Crippen molar-refractivity contribution in [2.45, 2.75) is 20.3 Å². The van der Waals surface area contributed by atoms with Gasteiger partial charge >= 0.3 is 0 Å². The first kappa shape index (κ1) is 9.67. The first-order valence-electron chi connectivity index (χ1n) is 4.68. The second-order valence-electron chi connectivity index (χ2n) is 2.65. The summed E-state index contributed by atoms with van der Waals surface area (Å²) < 4.78 is 0. The molecule has 0 fully saturated rings. The quantitative estimate of drug-likeness (QED) is 0.545. The molecule has 0 aliphatic carbocycles. The van der Waals surface area contributed by atoms with Crippen LogP contribution in [0.5, 0.6) is 0 Å². The van der Waals surface area contributed by atoms with Gasteiger partial charge in [-0.2, -0.15) is 0 Å².